The fourth-order valence-electron chi connectivity index (χ4n) is 1.43. The topological polar surface area (TPSA) is 35.2 Å². The lowest BCUT2D eigenvalue weighted by molar-refractivity contribution is 0.0591. The van der Waals surface area contributed by atoms with Crippen LogP contribution in [0.1, 0.15) is 30.6 Å². The predicted octanol–water partition coefficient (Wildman–Crippen LogP) is 2.42. The van der Waals surface area contributed by atoms with Crippen molar-refractivity contribution in [2.45, 2.75) is 26.4 Å². The Hall–Kier alpha value is -0.860. The number of benzene rings is 1. The number of ether oxygens (including phenoxy) is 1. The van der Waals surface area contributed by atoms with Gasteiger partial charge in [0.15, 0.2) is 0 Å². The summed E-state index contributed by atoms with van der Waals surface area (Å²) < 4.78 is 5.66. The van der Waals surface area contributed by atoms with Crippen molar-refractivity contribution in [3.63, 3.8) is 0 Å². The van der Waals surface area contributed by atoms with Gasteiger partial charge in [-0.15, -0.1) is 0 Å². The van der Waals surface area contributed by atoms with Gasteiger partial charge in [-0.3, -0.25) is 0 Å². The summed E-state index contributed by atoms with van der Waals surface area (Å²) in [5, 5.41) is 0. The maximum absolute atomic E-state index is 5.67. The molecule has 0 aliphatic heterocycles. The molecule has 78 valence electrons. The second-order valence-electron chi connectivity index (χ2n) is 3.51. The minimum absolute atomic E-state index is 0.0508. The summed E-state index contributed by atoms with van der Waals surface area (Å²) >= 11 is 0. The summed E-state index contributed by atoms with van der Waals surface area (Å²) in [6.07, 6.45) is 1.08. The van der Waals surface area contributed by atoms with Crippen molar-refractivity contribution >= 4 is 0 Å². The quantitative estimate of drug-likeness (QED) is 0.779. The first-order valence-corrected chi connectivity index (χ1v) is 5.16. The normalized spacial score (nSPS) is 12.8. The summed E-state index contributed by atoms with van der Waals surface area (Å²) in [4.78, 5) is 0. The Morgan fingerprint density at radius 3 is 2.79 bits per heavy atom. The monoisotopic (exact) mass is 193 g/mol. The Labute approximate surface area is 86.1 Å². The molecule has 0 heterocycles. The van der Waals surface area contributed by atoms with Crippen LogP contribution in [0, 0.1) is 6.92 Å². The average molecular weight is 193 g/mol. The van der Waals surface area contributed by atoms with E-state index < -0.39 is 0 Å². The Morgan fingerprint density at radius 2 is 2.21 bits per heavy atom. The first kappa shape index (κ1) is 11.2. The van der Waals surface area contributed by atoms with Gasteiger partial charge in [0.25, 0.3) is 0 Å². The second-order valence-corrected chi connectivity index (χ2v) is 3.51. The van der Waals surface area contributed by atoms with Crippen molar-refractivity contribution in [2.75, 3.05) is 13.2 Å². The highest BCUT2D eigenvalue weighted by Crippen LogP contribution is 2.17. The predicted molar refractivity (Wildman–Crippen MR) is 59.2 cm³/mol. The van der Waals surface area contributed by atoms with E-state index in [-0.39, 0.29) is 6.10 Å². The minimum Gasteiger partial charge on any atom is -0.372 e. The summed E-state index contributed by atoms with van der Waals surface area (Å²) in [6.45, 7) is 5.50. The summed E-state index contributed by atoms with van der Waals surface area (Å²) in [7, 11) is 0. The Kier molecular flexibility index (Phi) is 4.63. The summed E-state index contributed by atoms with van der Waals surface area (Å²) in [6, 6.07) is 8.33. The molecular weight excluding hydrogens is 174 g/mol. The van der Waals surface area contributed by atoms with Crippen LogP contribution in [0.15, 0.2) is 24.3 Å². The van der Waals surface area contributed by atoms with Gasteiger partial charge in [0, 0.05) is 13.2 Å². The lowest BCUT2D eigenvalue weighted by Gasteiger charge is -2.16. The molecule has 2 N–H and O–H groups in total. The fourth-order valence-corrected chi connectivity index (χ4v) is 1.43. The molecule has 1 rings (SSSR count). The molecule has 0 amide bonds. The van der Waals surface area contributed by atoms with Crippen LogP contribution in [-0.2, 0) is 4.74 Å². The molecule has 0 fully saturated rings. The number of hydrogen-bond acceptors (Lipinski definition) is 2. The Balaban J connectivity index is 2.68. The van der Waals surface area contributed by atoms with Crippen LogP contribution in [-0.4, -0.2) is 13.2 Å². The molecule has 0 aromatic heterocycles. The van der Waals surface area contributed by atoms with Gasteiger partial charge in [0.1, 0.15) is 0 Å². The summed E-state index contributed by atoms with van der Waals surface area (Å²) in [5.41, 5.74) is 8.10. The maximum Gasteiger partial charge on any atom is 0.0947 e. The third-order valence-corrected chi connectivity index (χ3v) is 2.15. The lowest BCUT2D eigenvalue weighted by Crippen LogP contribution is -2.16. The van der Waals surface area contributed by atoms with E-state index >= 15 is 0 Å². The molecule has 1 aromatic rings. The van der Waals surface area contributed by atoms with Gasteiger partial charge in [-0.2, -0.15) is 0 Å². The standard InChI is InChI=1S/C12H19NO/c1-3-7-14-12(9-13)11-6-4-5-10(2)8-11/h4-6,8,12H,3,7,9,13H2,1-2H3. The zero-order valence-corrected chi connectivity index (χ0v) is 8.99. The Bertz CT molecular complexity index is 273. The molecule has 1 atom stereocenters. The van der Waals surface area contributed by atoms with Crippen LogP contribution in [0.4, 0.5) is 0 Å². The average Bonchev–Trinajstić information content (AvgIpc) is 2.19. The zero-order valence-electron chi connectivity index (χ0n) is 8.99. The molecule has 2 heteroatoms. The molecule has 2 nitrogen and oxygen atoms in total. The van der Waals surface area contributed by atoms with Gasteiger partial charge in [-0.25, -0.2) is 0 Å². The molecule has 0 radical (unpaired) electrons. The van der Waals surface area contributed by atoms with Crippen LogP contribution in [0.25, 0.3) is 0 Å². The highest BCUT2D eigenvalue weighted by atomic mass is 16.5. The van der Waals surface area contributed by atoms with E-state index in [9.17, 15) is 0 Å². The van der Waals surface area contributed by atoms with Gasteiger partial charge in [0.05, 0.1) is 6.10 Å². The van der Waals surface area contributed by atoms with Gasteiger partial charge < -0.3 is 10.5 Å². The highest BCUT2D eigenvalue weighted by Gasteiger charge is 2.08. The Morgan fingerprint density at radius 1 is 1.43 bits per heavy atom. The largest absolute Gasteiger partial charge is 0.372 e. The van der Waals surface area contributed by atoms with E-state index in [4.69, 9.17) is 10.5 Å². The van der Waals surface area contributed by atoms with Crippen molar-refractivity contribution in [2.24, 2.45) is 5.73 Å². The molecule has 0 aliphatic rings. The van der Waals surface area contributed by atoms with Gasteiger partial charge >= 0.3 is 0 Å². The van der Waals surface area contributed by atoms with Gasteiger partial charge in [-0.05, 0) is 18.9 Å². The molecular formula is C12H19NO. The van der Waals surface area contributed by atoms with Crippen molar-refractivity contribution < 1.29 is 4.74 Å². The van der Waals surface area contributed by atoms with E-state index in [1.807, 2.05) is 6.07 Å². The van der Waals surface area contributed by atoms with Gasteiger partial charge in [-0.1, -0.05) is 36.8 Å². The molecule has 14 heavy (non-hydrogen) atoms. The first-order valence-electron chi connectivity index (χ1n) is 5.16. The summed E-state index contributed by atoms with van der Waals surface area (Å²) in [5.74, 6) is 0. The van der Waals surface area contributed by atoms with E-state index in [1.54, 1.807) is 0 Å². The van der Waals surface area contributed by atoms with Crippen molar-refractivity contribution in [1.29, 1.82) is 0 Å². The third kappa shape index (κ3) is 3.13. The van der Waals surface area contributed by atoms with Crippen LogP contribution >= 0.6 is 0 Å². The molecule has 0 aliphatic carbocycles. The molecule has 0 saturated carbocycles. The molecule has 0 bridgehead atoms. The number of nitrogens with two attached hydrogens (primary N) is 1. The van der Waals surface area contributed by atoms with E-state index in [2.05, 4.69) is 32.0 Å². The van der Waals surface area contributed by atoms with Crippen molar-refractivity contribution in [3.8, 4) is 0 Å². The van der Waals surface area contributed by atoms with Crippen molar-refractivity contribution in [1.82, 2.24) is 0 Å². The molecule has 1 aromatic carbocycles. The molecule has 1 unspecified atom stereocenters. The van der Waals surface area contributed by atoms with Crippen molar-refractivity contribution in [3.05, 3.63) is 35.4 Å². The second kappa shape index (κ2) is 5.78. The smallest absolute Gasteiger partial charge is 0.0947 e. The minimum atomic E-state index is 0.0508. The zero-order chi connectivity index (χ0) is 10.4. The highest BCUT2D eigenvalue weighted by molar-refractivity contribution is 5.24. The van der Waals surface area contributed by atoms with E-state index in [1.165, 1.54) is 11.1 Å². The van der Waals surface area contributed by atoms with E-state index in [0.29, 0.717) is 6.54 Å². The van der Waals surface area contributed by atoms with Crippen LogP contribution < -0.4 is 5.73 Å². The molecule has 0 spiro atoms. The number of hydrogen-bond donors (Lipinski definition) is 1. The van der Waals surface area contributed by atoms with Gasteiger partial charge in [0.2, 0.25) is 0 Å². The maximum atomic E-state index is 5.67. The lowest BCUT2D eigenvalue weighted by atomic mass is 10.1. The van der Waals surface area contributed by atoms with Crippen LogP contribution in [0.5, 0.6) is 0 Å². The molecule has 0 saturated heterocycles. The van der Waals surface area contributed by atoms with Crippen LogP contribution in [0.2, 0.25) is 0 Å². The van der Waals surface area contributed by atoms with E-state index in [0.717, 1.165) is 13.0 Å². The SMILES string of the molecule is CCCOC(CN)c1cccc(C)c1. The first-order chi connectivity index (χ1) is 6.77. The number of rotatable bonds is 5. The number of aryl methyl sites for hydroxylation is 1. The van der Waals surface area contributed by atoms with Crippen LogP contribution in [0.3, 0.4) is 0 Å². The fraction of sp³-hybridized carbons (Fsp3) is 0.500. The third-order valence-electron chi connectivity index (χ3n) is 2.15.